The van der Waals surface area contributed by atoms with Gasteiger partial charge in [0.1, 0.15) is 11.7 Å². The first-order valence-corrected chi connectivity index (χ1v) is 8.92. The van der Waals surface area contributed by atoms with Gasteiger partial charge in [0.2, 0.25) is 0 Å². The number of nitrogens with zero attached hydrogens (tertiary/aromatic N) is 1. The zero-order chi connectivity index (χ0) is 16.8. The quantitative estimate of drug-likeness (QED) is 0.883. The van der Waals surface area contributed by atoms with Crippen LogP contribution in [0.3, 0.4) is 0 Å². The molecule has 3 nitrogen and oxygen atoms in total. The van der Waals surface area contributed by atoms with Crippen molar-refractivity contribution in [3.8, 4) is 0 Å². The third kappa shape index (κ3) is 3.54. The number of morpholine rings is 1. The van der Waals surface area contributed by atoms with E-state index in [1.165, 1.54) is 12.8 Å². The van der Waals surface area contributed by atoms with Crippen molar-refractivity contribution in [3.05, 3.63) is 71.8 Å². The smallest absolute Gasteiger partial charge is 0.142 e. The second-order valence-electron chi connectivity index (χ2n) is 6.51. The van der Waals surface area contributed by atoms with Crippen LogP contribution in [-0.2, 0) is 10.3 Å². The maximum absolute atomic E-state index is 11.8. The van der Waals surface area contributed by atoms with E-state index >= 15 is 0 Å². The summed E-state index contributed by atoms with van der Waals surface area (Å²) in [6.45, 7) is 5.63. The molecule has 1 aliphatic rings. The molecule has 24 heavy (non-hydrogen) atoms. The molecule has 0 aliphatic carbocycles. The third-order valence-corrected chi connectivity index (χ3v) is 4.87. The Kier molecular flexibility index (Phi) is 5.67. The molecule has 0 saturated carbocycles. The van der Waals surface area contributed by atoms with Gasteiger partial charge in [0.05, 0.1) is 6.61 Å². The molecule has 0 bridgehead atoms. The lowest BCUT2D eigenvalue weighted by atomic mass is 9.81. The monoisotopic (exact) mass is 325 g/mol. The van der Waals surface area contributed by atoms with Crippen molar-refractivity contribution in [2.24, 2.45) is 0 Å². The van der Waals surface area contributed by atoms with Crippen molar-refractivity contribution >= 4 is 0 Å². The highest BCUT2D eigenvalue weighted by molar-refractivity contribution is 5.37. The summed E-state index contributed by atoms with van der Waals surface area (Å²) >= 11 is 0. The van der Waals surface area contributed by atoms with E-state index in [1.54, 1.807) is 0 Å². The van der Waals surface area contributed by atoms with Crippen molar-refractivity contribution in [1.29, 1.82) is 0 Å². The van der Waals surface area contributed by atoms with Crippen LogP contribution in [-0.4, -0.2) is 42.4 Å². The van der Waals surface area contributed by atoms with Gasteiger partial charge in [-0.3, -0.25) is 4.90 Å². The highest BCUT2D eigenvalue weighted by Crippen LogP contribution is 2.36. The van der Waals surface area contributed by atoms with E-state index in [0.717, 1.165) is 30.8 Å². The predicted molar refractivity (Wildman–Crippen MR) is 97.0 cm³/mol. The molecule has 0 radical (unpaired) electrons. The van der Waals surface area contributed by atoms with Crippen molar-refractivity contribution in [2.45, 2.75) is 31.5 Å². The Morgan fingerprint density at radius 2 is 1.62 bits per heavy atom. The molecule has 1 fully saturated rings. The van der Waals surface area contributed by atoms with E-state index in [0.29, 0.717) is 6.61 Å². The van der Waals surface area contributed by atoms with Crippen LogP contribution in [0.1, 0.15) is 30.9 Å². The fraction of sp³-hybridized carbons (Fsp3) is 0.429. The van der Waals surface area contributed by atoms with Gasteiger partial charge in [-0.1, -0.05) is 74.0 Å². The summed E-state index contributed by atoms with van der Waals surface area (Å²) in [6, 6.07) is 19.8. The minimum absolute atomic E-state index is 0.270. The highest BCUT2D eigenvalue weighted by Gasteiger charge is 2.43. The van der Waals surface area contributed by atoms with Crippen LogP contribution in [0, 0.1) is 0 Å². The van der Waals surface area contributed by atoms with Gasteiger partial charge in [-0.25, -0.2) is 0 Å². The molecule has 3 rings (SSSR count). The van der Waals surface area contributed by atoms with Crippen molar-refractivity contribution in [3.63, 3.8) is 0 Å². The first-order valence-electron chi connectivity index (χ1n) is 8.92. The van der Waals surface area contributed by atoms with Crippen LogP contribution in [0.5, 0.6) is 0 Å². The van der Waals surface area contributed by atoms with Gasteiger partial charge in [-0.15, -0.1) is 0 Å². The Morgan fingerprint density at radius 3 is 2.17 bits per heavy atom. The van der Waals surface area contributed by atoms with Gasteiger partial charge in [-0.2, -0.15) is 0 Å². The standard InChI is InChI=1S/C21H27NO2/c1-2-3-14-22-15-16-24-20(17-22)21(23,18-10-6-4-7-11-18)19-12-8-5-9-13-19/h4-13,20,23H,2-3,14-17H2,1H3. The molecule has 1 aliphatic heterocycles. The molecule has 2 aromatic carbocycles. The van der Waals surface area contributed by atoms with Crippen LogP contribution < -0.4 is 0 Å². The predicted octanol–water partition coefficient (Wildman–Crippen LogP) is 3.42. The Bertz CT molecular complexity index is 575. The van der Waals surface area contributed by atoms with E-state index in [2.05, 4.69) is 11.8 Å². The van der Waals surface area contributed by atoms with Gasteiger partial charge in [0.25, 0.3) is 0 Å². The summed E-state index contributed by atoms with van der Waals surface area (Å²) in [4.78, 5) is 2.41. The largest absolute Gasteiger partial charge is 0.378 e. The van der Waals surface area contributed by atoms with E-state index in [9.17, 15) is 5.11 Å². The molecule has 1 N–H and O–H groups in total. The van der Waals surface area contributed by atoms with E-state index in [4.69, 9.17) is 4.74 Å². The number of benzene rings is 2. The lowest BCUT2D eigenvalue weighted by molar-refractivity contribution is -0.129. The first kappa shape index (κ1) is 17.2. The van der Waals surface area contributed by atoms with Crippen LogP contribution in [0.15, 0.2) is 60.7 Å². The molecule has 0 spiro atoms. The number of unbranched alkanes of at least 4 members (excludes halogenated alkanes) is 1. The minimum atomic E-state index is -1.13. The third-order valence-electron chi connectivity index (χ3n) is 4.87. The maximum Gasteiger partial charge on any atom is 0.142 e. The number of ether oxygens (including phenoxy) is 1. The second-order valence-corrected chi connectivity index (χ2v) is 6.51. The van der Waals surface area contributed by atoms with E-state index in [1.807, 2.05) is 60.7 Å². The van der Waals surface area contributed by atoms with Crippen LogP contribution >= 0.6 is 0 Å². The Morgan fingerprint density at radius 1 is 1.04 bits per heavy atom. The van der Waals surface area contributed by atoms with Crippen LogP contribution in [0.2, 0.25) is 0 Å². The number of hydrogen-bond acceptors (Lipinski definition) is 3. The minimum Gasteiger partial charge on any atom is -0.378 e. The Balaban J connectivity index is 1.93. The zero-order valence-electron chi connectivity index (χ0n) is 14.4. The van der Waals surface area contributed by atoms with Crippen molar-refractivity contribution in [1.82, 2.24) is 4.90 Å². The molecule has 3 heteroatoms. The number of hydrogen-bond donors (Lipinski definition) is 1. The first-order chi connectivity index (χ1) is 11.7. The molecule has 128 valence electrons. The lowest BCUT2D eigenvalue weighted by Crippen LogP contribution is -2.53. The van der Waals surface area contributed by atoms with Crippen molar-refractivity contribution in [2.75, 3.05) is 26.2 Å². The summed E-state index contributed by atoms with van der Waals surface area (Å²) in [5.41, 5.74) is 0.644. The lowest BCUT2D eigenvalue weighted by Gasteiger charge is -2.42. The molecule has 2 aromatic rings. The average molecular weight is 325 g/mol. The molecule has 1 saturated heterocycles. The molecule has 0 aromatic heterocycles. The van der Waals surface area contributed by atoms with E-state index in [-0.39, 0.29) is 6.10 Å². The van der Waals surface area contributed by atoms with Gasteiger partial charge >= 0.3 is 0 Å². The van der Waals surface area contributed by atoms with Crippen LogP contribution in [0.4, 0.5) is 0 Å². The average Bonchev–Trinajstić information content (AvgIpc) is 2.67. The Hall–Kier alpha value is -1.68. The number of rotatable bonds is 6. The summed E-state index contributed by atoms with van der Waals surface area (Å²) in [5.74, 6) is 0. The highest BCUT2D eigenvalue weighted by atomic mass is 16.5. The summed E-state index contributed by atoms with van der Waals surface area (Å²) in [6.07, 6.45) is 2.10. The van der Waals surface area contributed by atoms with Gasteiger partial charge in [-0.05, 0) is 24.1 Å². The molecular weight excluding hydrogens is 298 g/mol. The maximum atomic E-state index is 11.8. The van der Waals surface area contributed by atoms with Crippen molar-refractivity contribution < 1.29 is 9.84 Å². The fourth-order valence-electron chi connectivity index (χ4n) is 3.46. The topological polar surface area (TPSA) is 32.7 Å². The molecule has 1 heterocycles. The van der Waals surface area contributed by atoms with Gasteiger partial charge in [0, 0.05) is 13.1 Å². The summed E-state index contributed by atoms with van der Waals surface area (Å²) in [7, 11) is 0. The Labute approximate surface area is 144 Å². The molecular formula is C21H27NO2. The SMILES string of the molecule is CCCCN1CCOC(C(O)(c2ccccc2)c2ccccc2)C1. The van der Waals surface area contributed by atoms with Gasteiger partial charge < -0.3 is 9.84 Å². The normalized spacial score (nSPS) is 19.3. The molecule has 1 atom stereocenters. The number of aliphatic hydroxyl groups is 1. The molecule has 0 amide bonds. The summed E-state index contributed by atoms with van der Waals surface area (Å²) < 4.78 is 6.07. The molecule has 1 unspecified atom stereocenters. The van der Waals surface area contributed by atoms with Crippen LogP contribution in [0.25, 0.3) is 0 Å². The second kappa shape index (κ2) is 7.93. The fourth-order valence-corrected chi connectivity index (χ4v) is 3.46. The van der Waals surface area contributed by atoms with E-state index < -0.39 is 5.60 Å². The van der Waals surface area contributed by atoms with Gasteiger partial charge in [0.15, 0.2) is 0 Å². The zero-order valence-corrected chi connectivity index (χ0v) is 14.4. The summed E-state index contributed by atoms with van der Waals surface area (Å²) in [5, 5.41) is 11.8.